The van der Waals surface area contributed by atoms with E-state index in [1.54, 1.807) is 0 Å². The maximum absolute atomic E-state index is 6.06. The van der Waals surface area contributed by atoms with Crippen molar-refractivity contribution >= 4 is 0 Å². The highest BCUT2D eigenvalue weighted by molar-refractivity contribution is 4.88. The van der Waals surface area contributed by atoms with Gasteiger partial charge in [0.05, 0.1) is 0 Å². The Morgan fingerprint density at radius 3 is 2.41 bits per heavy atom. The summed E-state index contributed by atoms with van der Waals surface area (Å²) in [5.74, 6) is 0. The first kappa shape index (κ1) is 14.9. The van der Waals surface area contributed by atoms with E-state index in [2.05, 4.69) is 44.4 Å². The Morgan fingerprint density at radius 2 is 1.94 bits per heavy atom. The van der Waals surface area contributed by atoms with E-state index in [0.29, 0.717) is 0 Å². The third-order valence-corrected chi connectivity index (χ3v) is 4.44. The van der Waals surface area contributed by atoms with Crippen molar-refractivity contribution in [3.63, 3.8) is 0 Å². The summed E-state index contributed by atoms with van der Waals surface area (Å²) in [6.07, 6.45) is 1.32. The molecule has 1 fully saturated rings. The van der Waals surface area contributed by atoms with Gasteiger partial charge in [0.25, 0.3) is 0 Å². The molecular weight excluding hydrogens is 210 g/mol. The van der Waals surface area contributed by atoms with Crippen molar-refractivity contribution < 1.29 is 0 Å². The van der Waals surface area contributed by atoms with Gasteiger partial charge in [0.2, 0.25) is 0 Å². The first-order chi connectivity index (χ1) is 7.90. The van der Waals surface area contributed by atoms with Crippen molar-refractivity contribution in [3.05, 3.63) is 0 Å². The van der Waals surface area contributed by atoms with Gasteiger partial charge >= 0.3 is 0 Å². The van der Waals surface area contributed by atoms with E-state index in [-0.39, 0.29) is 11.5 Å². The van der Waals surface area contributed by atoms with Crippen LogP contribution in [-0.2, 0) is 0 Å². The van der Waals surface area contributed by atoms with Crippen LogP contribution < -0.4 is 5.73 Å². The zero-order chi connectivity index (χ0) is 13.1. The molecule has 3 nitrogen and oxygen atoms in total. The molecule has 2 N–H and O–H groups in total. The van der Waals surface area contributed by atoms with Gasteiger partial charge in [0, 0.05) is 25.2 Å². The number of nitrogens with zero attached hydrogens (tertiary/aromatic N) is 2. The fourth-order valence-corrected chi connectivity index (χ4v) is 2.71. The lowest BCUT2D eigenvalue weighted by Crippen LogP contribution is -2.45. The van der Waals surface area contributed by atoms with Gasteiger partial charge in [0.1, 0.15) is 0 Å². The molecule has 0 aromatic carbocycles. The van der Waals surface area contributed by atoms with E-state index in [9.17, 15) is 0 Å². The average Bonchev–Trinajstić information content (AvgIpc) is 2.67. The minimum absolute atomic E-state index is 0.220. The molecule has 0 aliphatic carbocycles. The second kappa shape index (κ2) is 6.17. The maximum Gasteiger partial charge on any atom is 0.0235 e. The van der Waals surface area contributed by atoms with Crippen molar-refractivity contribution in [3.8, 4) is 0 Å². The molecular formula is C14H31N3. The summed E-state index contributed by atoms with van der Waals surface area (Å²) < 4.78 is 0. The zero-order valence-corrected chi connectivity index (χ0v) is 12.4. The predicted molar refractivity (Wildman–Crippen MR) is 75.2 cm³/mol. The normalized spacial score (nSPS) is 24.5. The lowest BCUT2D eigenvalue weighted by molar-refractivity contribution is 0.162. The molecule has 0 radical (unpaired) electrons. The van der Waals surface area contributed by atoms with Crippen LogP contribution in [0.25, 0.3) is 0 Å². The third-order valence-electron chi connectivity index (χ3n) is 4.44. The van der Waals surface area contributed by atoms with Crippen LogP contribution in [0.5, 0.6) is 0 Å². The van der Waals surface area contributed by atoms with Crippen LogP contribution in [0.3, 0.4) is 0 Å². The highest BCUT2D eigenvalue weighted by Gasteiger charge is 2.31. The molecule has 2 unspecified atom stereocenters. The molecule has 0 bridgehead atoms. The second-order valence-electron chi connectivity index (χ2n) is 6.18. The number of hydrogen-bond donors (Lipinski definition) is 1. The molecule has 0 spiro atoms. The first-order valence-corrected chi connectivity index (χ1v) is 7.12. The highest BCUT2D eigenvalue weighted by atomic mass is 15.2. The Balaban J connectivity index is 2.45. The minimum Gasteiger partial charge on any atom is -0.327 e. The summed E-state index contributed by atoms with van der Waals surface area (Å²) in [5, 5.41) is 0. The number of nitrogens with two attached hydrogens (primary N) is 1. The Kier molecular flexibility index (Phi) is 5.42. The van der Waals surface area contributed by atoms with E-state index in [1.807, 2.05) is 0 Å². The summed E-state index contributed by atoms with van der Waals surface area (Å²) in [6.45, 7) is 17.1. The summed E-state index contributed by atoms with van der Waals surface area (Å²) in [7, 11) is 0. The fourth-order valence-electron chi connectivity index (χ4n) is 2.71. The van der Waals surface area contributed by atoms with Crippen molar-refractivity contribution in [2.75, 3.05) is 32.7 Å². The summed E-state index contributed by atoms with van der Waals surface area (Å²) in [5.41, 5.74) is 6.28. The summed E-state index contributed by atoms with van der Waals surface area (Å²) in [6, 6.07) is 1.02. The lowest BCUT2D eigenvalue weighted by Gasteiger charge is -2.34. The molecule has 1 heterocycles. The molecule has 17 heavy (non-hydrogen) atoms. The number of rotatable bonds is 6. The molecule has 102 valence electrons. The molecule has 0 saturated carbocycles. The number of likely N-dealkylation sites (tertiary alicyclic amines) is 1. The van der Waals surface area contributed by atoms with Crippen molar-refractivity contribution in [2.45, 2.75) is 53.1 Å². The van der Waals surface area contributed by atoms with E-state index in [4.69, 9.17) is 5.73 Å². The van der Waals surface area contributed by atoms with E-state index < -0.39 is 0 Å². The van der Waals surface area contributed by atoms with E-state index >= 15 is 0 Å². The van der Waals surface area contributed by atoms with Gasteiger partial charge in [0.15, 0.2) is 0 Å². The molecule has 2 atom stereocenters. The summed E-state index contributed by atoms with van der Waals surface area (Å²) >= 11 is 0. The maximum atomic E-state index is 6.06. The second-order valence-corrected chi connectivity index (χ2v) is 6.18. The van der Waals surface area contributed by atoms with Crippen LogP contribution in [0.15, 0.2) is 0 Å². The van der Waals surface area contributed by atoms with Crippen LogP contribution in [0, 0.1) is 5.41 Å². The topological polar surface area (TPSA) is 32.5 Å². The molecule has 0 aromatic rings. The van der Waals surface area contributed by atoms with E-state index in [0.717, 1.165) is 12.6 Å². The standard InChI is InChI=1S/C14H31N3/c1-6-17(7-2)13-8-9-16(10-13)11-14(4,5)12(3)15/h12-13H,6-11,15H2,1-5H3. The van der Waals surface area contributed by atoms with Gasteiger partial charge in [-0.25, -0.2) is 0 Å². The van der Waals surface area contributed by atoms with Crippen molar-refractivity contribution in [1.82, 2.24) is 9.80 Å². The van der Waals surface area contributed by atoms with E-state index in [1.165, 1.54) is 32.6 Å². The number of hydrogen-bond acceptors (Lipinski definition) is 3. The van der Waals surface area contributed by atoms with Crippen LogP contribution in [0.1, 0.15) is 41.0 Å². The SMILES string of the molecule is CCN(CC)C1CCN(CC(C)(C)C(C)N)C1. The number of likely N-dealkylation sites (N-methyl/N-ethyl adjacent to an activating group) is 1. The van der Waals surface area contributed by atoms with Gasteiger partial charge in [-0.1, -0.05) is 27.7 Å². The van der Waals surface area contributed by atoms with Gasteiger partial charge in [-0.15, -0.1) is 0 Å². The van der Waals surface area contributed by atoms with Crippen molar-refractivity contribution in [1.29, 1.82) is 0 Å². The van der Waals surface area contributed by atoms with Crippen LogP contribution in [0.4, 0.5) is 0 Å². The van der Waals surface area contributed by atoms with Crippen LogP contribution in [0.2, 0.25) is 0 Å². The van der Waals surface area contributed by atoms with Gasteiger partial charge in [-0.05, 0) is 38.4 Å². The Hall–Kier alpha value is -0.120. The minimum atomic E-state index is 0.220. The molecule has 0 amide bonds. The van der Waals surface area contributed by atoms with Gasteiger partial charge in [-0.3, -0.25) is 4.90 Å². The van der Waals surface area contributed by atoms with Crippen LogP contribution in [-0.4, -0.2) is 54.6 Å². The van der Waals surface area contributed by atoms with Gasteiger partial charge in [-0.2, -0.15) is 0 Å². The molecule has 3 heteroatoms. The molecule has 1 aliphatic rings. The first-order valence-electron chi connectivity index (χ1n) is 7.12. The third kappa shape index (κ3) is 3.94. The monoisotopic (exact) mass is 241 g/mol. The van der Waals surface area contributed by atoms with Crippen molar-refractivity contribution in [2.24, 2.45) is 11.1 Å². The fraction of sp³-hybridized carbons (Fsp3) is 1.00. The Morgan fingerprint density at radius 1 is 1.35 bits per heavy atom. The van der Waals surface area contributed by atoms with Crippen LogP contribution >= 0.6 is 0 Å². The lowest BCUT2D eigenvalue weighted by atomic mass is 9.85. The highest BCUT2D eigenvalue weighted by Crippen LogP contribution is 2.24. The van der Waals surface area contributed by atoms with Gasteiger partial charge < -0.3 is 10.6 Å². The predicted octanol–water partition coefficient (Wildman–Crippen LogP) is 1.78. The molecule has 1 rings (SSSR count). The molecule has 1 saturated heterocycles. The Labute approximate surface area is 107 Å². The quantitative estimate of drug-likeness (QED) is 0.769. The molecule has 0 aromatic heterocycles. The smallest absolute Gasteiger partial charge is 0.0235 e. The Bertz CT molecular complexity index is 222. The summed E-state index contributed by atoms with van der Waals surface area (Å²) in [4.78, 5) is 5.17. The average molecular weight is 241 g/mol. The molecule has 1 aliphatic heterocycles. The largest absolute Gasteiger partial charge is 0.327 e. The zero-order valence-electron chi connectivity index (χ0n) is 12.4.